The van der Waals surface area contributed by atoms with Crippen LogP contribution in [-0.4, -0.2) is 25.8 Å². The van der Waals surface area contributed by atoms with E-state index in [-0.39, 0.29) is 5.60 Å². The minimum atomic E-state index is 0.0276. The van der Waals surface area contributed by atoms with E-state index >= 15 is 0 Å². The van der Waals surface area contributed by atoms with Gasteiger partial charge in [-0.3, -0.25) is 0 Å². The van der Waals surface area contributed by atoms with Crippen LogP contribution in [0.2, 0.25) is 0 Å². The summed E-state index contributed by atoms with van der Waals surface area (Å²) in [6.07, 6.45) is 10.9. The second-order valence-electron chi connectivity index (χ2n) is 6.15. The first kappa shape index (κ1) is 15.0. The van der Waals surface area contributed by atoms with Gasteiger partial charge < -0.3 is 10.1 Å². The Bertz CT molecular complexity index is 195. The van der Waals surface area contributed by atoms with Crippen molar-refractivity contribution in [3.63, 3.8) is 0 Å². The van der Waals surface area contributed by atoms with Crippen molar-refractivity contribution in [1.29, 1.82) is 0 Å². The summed E-state index contributed by atoms with van der Waals surface area (Å²) in [6.45, 7) is 4.37. The van der Waals surface area contributed by atoms with Crippen LogP contribution in [0.4, 0.5) is 0 Å². The predicted octanol–water partition coefficient (Wildman–Crippen LogP) is 3.75. The fraction of sp³-hybridized carbons (Fsp3) is 1.00. The van der Waals surface area contributed by atoms with Gasteiger partial charge in [0.15, 0.2) is 0 Å². The van der Waals surface area contributed by atoms with Crippen LogP contribution in [0.25, 0.3) is 0 Å². The van der Waals surface area contributed by atoms with Crippen LogP contribution in [0.1, 0.15) is 65.2 Å². The topological polar surface area (TPSA) is 21.3 Å². The lowest BCUT2D eigenvalue weighted by molar-refractivity contribution is 0.0101. The van der Waals surface area contributed by atoms with E-state index in [2.05, 4.69) is 26.2 Å². The lowest BCUT2D eigenvalue weighted by atomic mass is 9.86. The highest BCUT2D eigenvalue weighted by molar-refractivity contribution is 4.80. The number of hydrogen-bond donors (Lipinski definition) is 1. The first-order chi connectivity index (χ1) is 8.09. The van der Waals surface area contributed by atoms with Crippen LogP contribution in [0, 0.1) is 5.92 Å². The van der Waals surface area contributed by atoms with Crippen LogP contribution in [0.3, 0.4) is 0 Å². The van der Waals surface area contributed by atoms with Crippen molar-refractivity contribution in [1.82, 2.24) is 5.32 Å². The molecule has 1 atom stereocenters. The summed E-state index contributed by atoms with van der Waals surface area (Å²) in [4.78, 5) is 0. The van der Waals surface area contributed by atoms with Crippen molar-refractivity contribution >= 4 is 0 Å². The standard InChI is InChI=1S/C15H31NO/c1-15(2,17-4)12-11-14(16-3)13-9-7-5-6-8-10-13/h13-14,16H,5-12H2,1-4H3. The molecule has 1 aliphatic carbocycles. The maximum absolute atomic E-state index is 5.52. The Kier molecular flexibility index (Phi) is 6.50. The van der Waals surface area contributed by atoms with Gasteiger partial charge in [-0.15, -0.1) is 0 Å². The van der Waals surface area contributed by atoms with Gasteiger partial charge in [0.25, 0.3) is 0 Å². The molecule has 1 unspecified atom stereocenters. The Hall–Kier alpha value is -0.0800. The highest BCUT2D eigenvalue weighted by Crippen LogP contribution is 2.29. The zero-order valence-electron chi connectivity index (χ0n) is 12.2. The molecule has 0 heterocycles. The molecule has 0 spiro atoms. The third kappa shape index (κ3) is 5.39. The van der Waals surface area contributed by atoms with Gasteiger partial charge in [-0.05, 0) is 52.5 Å². The molecule has 0 bridgehead atoms. The molecule has 0 aromatic rings. The zero-order chi connectivity index (χ0) is 12.7. The Morgan fingerprint density at radius 3 is 2.24 bits per heavy atom. The lowest BCUT2D eigenvalue weighted by Crippen LogP contribution is -2.36. The van der Waals surface area contributed by atoms with E-state index in [1.807, 2.05) is 7.11 Å². The van der Waals surface area contributed by atoms with Crippen molar-refractivity contribution < 1.29 is 4.74 Å². The summed E-state index contributed by atoms with van der Waals surface area (Å²) in [5, 5.41) is 3.54. The third-order valence-corrected chi connectivity index (χ3v) is 4.45. The number of nitrogens with one attached hydrogen (secondary N) is 1. The summed E-state index contributed by atoms with van der Waals surface area (Å²) in [5.41, 5.74) is 0.0276. The van der Waals surface area contributed by atoms with Crippen molar-refractivity contribution in [2.75, 3.05) is 14.2 Å². The quantitative estimate of drug-likeness (QED) is 0.715. The van der Waals surface area contributed by atoms with Crippen LogP contribution < -0.4 is 5.32 Å². The van der Waals surface area contributed by atoms with E-state index in [4.69, 9.17) is 4.74 Å². The first-order valence-electron chi connectivity index (χ1n) is 7.31. The van der Waals surface area contributed by atoms with Crippen molar-refractivity contribution in [2.24, 2.45) is 5.92 Å². The summed E-state index contributed by atoms with van der Waals surface area (Å²) >= 11 is 0. The average molecular weight is 241 g/mol. The molecule has 1 fully saturated rings. The molecule has 0 saturated heterocycles. The Labute approximate surface area is 108 Å². The van der Waals surface area contributed by atoms with Crippen molar-refractivity contribution in [3.8, 4) is 0 Å². The first-order valence-corrected chi connectivity index (χ1v) is 7.31. The summed E-state index contributed by atoms with van der Waals surface area (Å²) in [6, 6.07) is 0.683. The predicted molar refractivity (Wildman–Crippen MR) is 74.4 cm³/mol. The fourth-order valence-electron chi connectivity index (χ4n) is 2.93. The van der Waals surface area contributed by atoms with E-state index in [1.54, 1.807) is 0 Å². The van der Waals surface area contributed by atoms with Gasteiger partial charge >= 0.3 is 0 Å². The van der Waals surface area contributed by atoms with Crippen LogP contribution >= 0.6 is 0 Å². The monoisotopic (exact) mass is 241 g/mol. The SMILES string of the molecule is CNC(CCC(C)(C)OC)C1CCCCCC1. The lowest BCUT2D eigenvalue weighted by Gasteiger charge is -2.30. The molecule has 1 N–H and O–H groups in total. The van der Waals surface area contributed by atoms with Crippen LogP contribution in [0.15, 0.2) is 0 Å². The Morgan fingerprint density at radius 2 is 1.76 bits per heavy atom. The summed E-state index contributed by atoms with van der Waals surface area (Å²) in [7, 11) is 3.94. The number of hydrogen-bond acceptors (Lipinski definition) is 2. The molecule has 0 aromatic heterocycles. The van der Waals surface area contributed by atoms with Crippen LogP contribution in [0.5, 0.6) is 0 Å². The van der Waals surface area contributed by atoms with E-state index < -0.39 is 0 Å². The van der Waals surface area contributed by atoms with Gasteiger partial charge in [-0.25, -0.2) is 0 Å². The molecule has 1 aliphatic rings. The van der Waals surface area contributed by atoms with Crippen molar-refractivity contribution in [3.05, 3.63) is 0 Å². The largest absolute Gasteiger partial charge is 0.379 e. The van der Waals surface area contributed by atoms with Crippen molar-refractivity contribution in [2.45, 2.75) is 76.9 Å². The van der Waals surface area contributed by atoms with E-state index in [9.17, 15) is 0 Å². The minimum absolute atomic E-state index is 0.0276. The molecule has 0 amide bonds. The molecular formula is C15H31NO. The minimum Gasteiger partial charge on any atom is -0.379 e. The second-order valence-corrected chi connectivity index (χ2v) is 6.15. The molecule has 1 saturated carbocycles. The molecule has 17 heavy (non-hydrogen) atoms. The molecule has 0 aliphatic heterocycles. The van der Waals surface area contributed by atoms with E-state index in [1.165, 1.54) is 44.9 Å². The molecule has 2 nitrogen and oxygen atoms in total. The third-order valence-electron chi connectivity index (χ3n) is 4.45. The maximum atomic E-state index is 5.52. The normalized spacial score (nSPS) is 21.2. The second kappa shape index (κ2) is 7.38. The molecular weight excluding hydrogens is 210 g/mol. The molecule has 2 heteroatoms. The zero-order valence-corrected chi connectivity index (χ0v) is 12.2. The van der Waals surface area contributed by atoms with Gasteiger partial charge in [-0.2, -0.15) is 0 Å². The maximum Gasteiger partial charge on any atom is 0.0623 e. The molecule has 1 rings (SSSR count). The highest BCUT2D eigenvalue weighted by Gasteiger charge is 2.24. The summed E-state index contributed by atoms with van der Waals surface area (Å²) in [5.74, 6) is 0.884. The summed E-state index contributed by atoms with van der Waals surface area (Å²) < 4.78 is 5.52. The number of ether oxygens (including phenoxy) is 1. The van der Waals surface area contributed by atoms with Gasteiger partial charge in [0.1, 0.15) is 0 Å². The highest BCUT2D eigenvalue weighted by atomic mass is 16.5. The Morgan fingerprint density at radius 1 is 1.18 bits per heavy atom. The molecule has 0 aromatic carbocycles. The van der Waals surface area contributed by atoms with E-state index in [0.717, 1.165) is 12.3 Å². The van der Waals surface area contributed by atoms with Gasteiger partial charge in [0.2, 0.25) is 0 Å². The van der Waals surface area contributed by atoms with Gasteiger partial charge in [0.05, 0.1) is 5.60 Å². The smallest absolute Gasteiger partial charge is 0.0623 e. The average Bonchev–Trinajstić information content (AvgIpc) is 2.59. The fourth-order valence-corrected chi connectivity index (χ4v) is 2.93. The van der Waals surface area contributed by atoms with Gasteiger partial charge in [0, 0.05) is 13.2 Å². The number of rotatable bonds is 6. The van der Waals surface area contributed by atoms with Crippen LogP contribution in [-0.2, 0) is 4.74 Å². The van der Waals surface area contributed by atoms with Gasteiger partial charge in [-0.1, -0.05) is 25.7 Å². The molecule has 102 valence electrons. The number of methoxy groups -OCH3 is 1. The van der Waals surface area contributed by atoms with E-state index in [0.29, 0.717) is 6.04 Å². The molecule has 0 radical (unpaired) electrons. The Balaban J connectivity index is 2.41.